The van der Waals surface area contributed by atoms with Crippen molar-refractivity contribution < 1.29 is 4.74 Å². The molecule has 0 atom stereocenters. The Balaban J connectivity index is 2.03. The van der Waals surface area contributed by atoms with Gasteiger partial charge in [-0.25, -0.2) is 0 Å². The van der Waals surface area contributed by atoms with E-state index in [4.69, 9.17) is 4.74 Å². The smallest absolute Gasteiger partial charge is 0.127 e. The molecule has 0 spiro atoms. The molecule has 0 saturated heterocycles. The van der Waals surface area contributed by atoms with Gasteiger partial charge < -0.3 is 4.74 Å². The van der Waals surface area contributed by atoms with Crippen molar-refractivity contribution >= 4 is 32.3 Å². The zero-order valence-electron chi connectivity index (χ0n) is 11.5. The van der Waals surface area contributed by atoms with E-state index in [1.165, 1.54) is 38.6 Å². The minimum atomic E-state index is 0.817. The molecule has 0 aliphatic carbocycles. The highest BCUT2D eigenvalue weighted by molar-refractivity contribution is 6.04. The third-order valence-electron chi connectivity index (χ3n) is 3.85. The van der Waals surface area contributed by atoms with Crippen molar-refractivity contribution in [2.75, 3.05) is 0 Å². The lowest BCUT2D eigenvalue weighted by atomic mass is 10.00. The molecule has 21 heavy (non-hydrogen) atoms. The van der Waals surface area contributed by atoms with Gasteiger partial charge in [0.25, 0.3) is 0 Å². The molecule has 4 aromatic rings. The van der Waals surface area contributed by atoms with Crippen LogP contribution < -0.4 is 4.74 Å². The highest BCUT2D eigenvalue weighted by Crippen LogP contribution is 2.29. The summed E-state index contributed by atoms with van der Waals surface area (Å²) in [6, 6.07) is 23.5. The average Bonchev–Trinajstić information content (AvgIpc) is 2.51. The van der Waals surface area contributed by atoms with Crippen molar-refractivity contribution in [3.05, 3.63) is 79.6 Å². The number of ether oxygens (including phenoxy) is 1. The van der Waals surface area contributed by atoms with E-state index in [1.807, 2.05) is 12.1 Å². The number of fused-ring (bicyclic) bond motifs is 3. The maximum Gasteiger partial charge on any atom is 0.127 e. The largest absolute Gasteiger partial charge is 0.466 e. The Bertz CT molecular complexity index is 983. The zero-order chi connectivity index (χ0) is 14.2. The molecule has 1 nitrogen and oxygen atoms in total. The van der Waals surface area contributed by atoms with Crippen molar-refractivity contribution in [2.24, 2.45) is 0 Å². The van der Waals surface area contributed by atoms with Gasteiger partial charge in [0.1, 0.15) is 5.75 Å². The molecular formula is C20H14O. The first-order chi connectivity index (χ1) is 10.3. The van der Waals surface area contributed by atoms with Gasteiger partial charge in [0.15, 0.2) is 0 Å². The summed E-state index contributed by atoms with van der Waals surface area (Å²) in [5.74, 6) is 0.817. The Kier molecular flexibility index (Phi) is 2.65. The Labute approximate surface area is 123 Å². The molecule has 0 bridgehead atoms. The van der Waals surface area contributed by atoms with E-state index in [0.717, 1.165) is 5.75 Å². The fraction of sp³-hybridized carbons (Fsp3) is 0. The minimum Gasteiger partial charge on any atom is -0.466 e. The fourth-order valence-corrected chi connectivity index (χ4v) is 2.84. The van der Waals surface area contributed by atoms with Crippen molar-refractivity contribution in [2.45, 2.75) is 0 Å². The van der Waals surface area contributed by atoms with E-state index in [-0.39, 0.29) is 0 Å². The normalized spacial score (nSPS) is 11.0. The second-order valence-corrected chi connectivity index (χ2v) is 5.19. The summed E-state index contributed by atoms with van der Waals surface area (Å²) >= 11 is 0. The summed E-state index contributed by atoms with van der Waals surface area (Å²) in [7, 11) is 0. The minimum absolute atomic E-state index is 0.817. The quantitative estimate of drug-likeness (QED) is 0.337. The molecule has 4 aromatic carbocycles. The maximum atomic E-state index is 5.36. The topological polar surface area (TPSA) is 9.23 Å². The molecule has 100 valence electrons. The van der Waals surface area contributed by atoms with E-state index in [2.05, 4.69) is 61.2 Å². The van der Waals surface area contributed by atoms with Crippen LogP contribution in [0, 0.1) is 0 Å². The van der Waals surface area contributed by atoms with Crippen LogP contribution in [0.3, 0.4) is 0 Å². The van der Waals surface area contributed by atoms with Gasteiger partial charge in [-0.15, -0.1) is 0 Å². The summed E-state index contributed by atoms with van der Waals surface area (Å²) < 4.78 is 5.36. The predicted octanol–water partition coefficient (Wildman–Crippen LogP) is 5.67. The van der Waals surface area contributed by atoms with Gasteiger partial charge in [0, 0.05) is 0 Å². The zero-order valence-corrected chi connectivity index (χ0v) is 11.5. The molecule has 0 amide bonds. The van der Waals surface area contributed by atoms with Gasteiger partial charge in [-0.05, 0) is 68.7 Å². The molecule has 0 heterocycles. The Morgan fingerprint density at radius 2 is 1.14 bits per heavy atom. The van der Waals surface area contributed by atoms with E-state index in [0.29, 0.717) is 0 Å². The van der Waals surface area contributed by atoms with Crippen LogP contribution in [0.1, 0.15) is 0 Å². The van der Waals surface area contributed by atoms with Gasteiger partial charge in [0.05, 0.1) is 6.26 Å². The van der Waals surface area contributed by atoms with Crippen LogP contribution in [-0.2, 0) is 0 Å². The molecule has 0 unspecified atom stereocenters. The van der Waals surface area contributed by atoms with Crippen LogP contribution in [-0.4, -0.2) is 0 Å². The van der Waals surface area contributed by atoms with Crippen molar-refractivity contribution in [3.63, 3.8) is 0 Å². The summed E-state index contributed by atoms with van der Waals surface area (Å²) in [5.41, 5.74) is 0. The second-order valence-electron chi connectivity index (χ2n) is 5.19. The lowest BCUT2D eigenvalue weighted by molar-refractivity contribution is 0.484. The third kappa shape index (κ3) is 2.03. The molecule has 0 radical (unpaired) electrons. The molecule has 0 aromatic heterocycles. The lowest BCUT2D eigenvalue weighted by Crippen LogP contribution is -1.82. The summed E-state index contributed by atoms with van der Waals surface area (Å²) in [6.45, 7) is 3.60. The number of hydrogen-bond acceptors (Lipinski definition) is 1. The van der Waals surface area contributed by atoms with Crippen molar-refractivity contribution in [1.29, 1.82) is 0 Å². The standard InChI is InChI=1S/C20H14O/c1-2-21-20-8-7-16-11-17-9-14-5-3-4-6-15(14)10-18(17)12-19(16)13-20/h2-13H,1H2. The van der Waals surface area contributed by atoms with Crippen LogP contribution in [0.4, 0.5) is 0 Å². The molecule has 1 heteroatoms. The summed E-state index contributed by atoms with van der Waals surface area (Å²) in [6.07, 6.45) is 1.45. The van der Waals surface area contributed by atoms with Crippen LogP contribution in [0.5, 0.6) is 5.75 Å². The van der Waals surface area contributed by atoms with E-state index in [9.17, 15) is 0 Å². The molecule has 0 saturated carbocycles. The average molecular weight is 270 g/mol. The molecule has 0 aliphatic rings. The van der Waals surface area contributed by atoms with Gasteiger partial charge in [-0.3, -0.25) is 0 Å². The van der Waals surface area contributed by atoms with E-state index >= 15 is 0 Å². The highest BCUT2D eigenvalue weighted by Gasteiger charge is 2.02. The van der Waals surface area contributed by atoms with Gasteiger partial charge >= 0.3 is 0 Å². The SMILES string of the molecule is C=COc1ccc2cc3cc4ccccc4cc3cc2c1. The fourth-order valence-electron chi connectivity index (χ4n) is 2.84. The number of rotatable bonds is 2. The highest BCUT2D eigenvalue weighted by atomic mass is 16.5. The number of benzene rings is 4. The first-order valence-corrected chi connectivity index (χ1v) is 6.97. The monoisotopic (exact) mass is 270 g/mol. The summed E-state index contributed by atoms with van der Waals surface area (Å²) in [5, 5.41) is 7.45. The third-order valence-corrected chi connectivity index (χ3v) is 3.85. The molecular weight excluding hydrogens is 256 g/mol. The van der Waals surface area contributed by atoms with E-state index < -0.39 is 0 Å². The lowest BCUT2D eigenvalue weighted by Gasteiger charge is -2.07. The summed E-state index contributed by atoms with van der Waals surface area (Å²) in [4.78, 5) is 0. The predicted molar refractivity (Wildman–Crippen MR) is 89.8 cm³/mol. The molecule has 0 fully saturated rings. The molecule has 4 rings (SSSR count). The van der Waals surface area contributed by atoms with Gasteiger partial charge in [0.2, 0.25) is 0 Å². The van der Waals surface area contributed by atoms with Gasteiger partial charge in [-0.1, -0.05) is 36.9 Å². The second kappa shape index (κ2) is 4.64. The molecule has 0 N–H and O–H groups in total. The maximum absolute atomic E-state index is 5.36. The number of hydrogen-bond donors (Lipinski definition) is 0. The van der Waals surface area contributed by atoms with Crippen LogP contribution in [0.2, 0.25) is 0 Å². The van der Waals surface area contributed by atoms with Crippen molar-refractivity contribution in [1.82, 2.24) is 0 Å². The first kappa shape index (κ1) is 12.0. The Morgan fingerprint density at radius 1 is 0.619 bits per heavy atom. The Hall–Kier alpha value is -2.80. The van der Waals surface area contributed by atoms with Crippen molar-refractivity contribution in [3.8, 4) is 5.75 Å². The van der Waals surface area contributed by atoms with Crippen LogP contribution in [0.25, 0.3) is 32.3 Å². The van der Waals surface area contributed by atoms with E-state index in [1.54, 1.807) is 0 Å². The van der Waals surface area contributed by atoms with Crippen LogP contribution in [0.15, 0.2) is 79.6 Å². The first-order valence-electron chi connectivity index (χ1n) is 6.97. The Morgan fingerprint density at radius 3 is 1.76 bits per heavy atom. The molecule has 0 aliphatic heterocycles. The van der Waals surface area contributed by atoms with Gasteiger partial charge in [-0.2, -0.15) is 0 Å². The van der Waals surface area contributed by atoms with Crippen LogP contribution >= 0.6 is 0 Å².